The van der Waals surface area contributed by atoms with Gasteiger partial charge in [-0.05, 0) is 49.3 Å². The lowest BCUT2D eigenvalue weighted by Crippen LogP contribution is -2.22. The van der Waals surface area contributed by atoms with E-state index in [1.807, 2.05) is 28.8 Å². The molecule has 1 unspecified atom stereocenters. The van der Waals surface area contributed by atoms with E-state index in [1.54, 1.807) is 0 Å². The molecule has 1 heterocycles. The zero-order valence-corrected chi connectivity index (χ0v) is 14.2. The first-order valence-electron chi connectivity index (χ1n) is 9.01. The van der Waals surface area contributed by atoms with Gasteiger partial charge in [-0.25, -0.2) is 0 Å². The summed E-state index contributed by atoms with van der Waals surface area (Å²) in [6.45, 7) is 2.10. The molecule has 1 aliphatic rings. The van der Waals surface area contributed by atoms with E-state index in [2.05, 4.69) is 37.3 Å². The maximum absolute atomic E-state index is 13.5. The van der Waals surface area contributed by atoms with E-state index in [1.165, 1.54) is 29.5 Å². The zero-order chi connectivity index (χ0) is 16.5. The van der Waals surface area contributed by atoms with Gasteiger partial charge in [0.15, 0.2) is 0 Å². The summed E-state index contributed by atoms with van der Waals surface area (Å²) in [5, 5.41) is 1.27. The molecule has 0 N–H and O–H groups in total. The van der Waals surface area contributed by atoms with Crippen LogP contribution in [0.3, 0.4) is 0 Å². The first kappa shape index (κ1) is 15.2. The molecule has 1 aliphatic carbocycles. The second kappa shape index (κ2) is 6.27. The van der Waals surface area contributed by atoms with Crippen molar-refractivity contribution in [3.63, 3.8) is 0 Å². The van der Waals surface area contributed by atoms with Crippen molar-refractivity contribution in [2.75, 3.05) is 0 Å². The Hall–Kier alpha value is -2.35. The van der Waals surface area contributed by atoms with Crippen LogP contribution in [0.15, 0.2) is 54.6 Å². The van der Waals surface area contributed by atoms with Crippen LogP contribution in [-0.2, 0) is 12.8 Å². The van der Waals surface area contributed by atoms with E-state index < -0.39 is 0 Å². The highest BCUT2D eigenvalue weighted by atomic mass is 16.2. The van der Waals surface area contributed by atoms with Crippen LogP contribution in [0.5, 0.6) is 0 Å². The SMILES string of the molecule is CCC(C(=O)n1c2c(c3ccccc31)CCCC2)c1ccccc1. The standard InChI is InChI=1S/C22H23NO/c1-2-17(16-10-4-3-5-11-16)22(24)23-20-14-8-6-12-18(20)19-13-7-9-15-21(19)23/h3-6,8,10-12,14,17H,2,7,9,13,15H2,1H3. The first-order valence-corrected chi connectivity index (χ1v) is 9.01. The number of hydrogen-bond donors (Lipinski definition) is 0. The second-order valence-corrected chi connectivity index (χ2v) is 6.69. The number of para-hydroxylation sites is 1. The van der Waals surface area contributed by atoms with Crippen LogP contribution in [0.2, 0.25) is 0 Å². The fourth-order valence-electron chi connectivity index (χ4n) is 4.14. The largest absolute Gasteiger partial charge is 0.283 e. The fraction of sp³-hybridized carbons (Fsp3) is 0.318. The van der Waals surface area contributed by atoms with Gasteiger partial charge in [-0.1, -0.05) is 55.5 Å². The van der Waals surface area contributed by atoms with Crippen LogP contribution in [0.25, 0.3) is 10.9 Å². The minimum absolute atomic E-state index is 0.0759. The molecule has 24 heavy (non-hydrogen) atoms. The summed E-state index contributed by atoms with van der Waals surface area (Å²) in [5.74, 6) is 0.149. The minimum Gasteiger partial charge on any atom is -0.283 e. The Kier molecular flexibility index (Phi) is 3.97. The van der Waals surface area contributed by atoms with Crippen molar-refractivity contribution in [2.45, 2.75) is 44.9 Å². The zero-order valence-electron chi connectivity index (χ0n) is 14.2. The first-order chi connectivity index (χ1) is 11.8. The molecule has 1 atom stereocenters. The molecule has 0 saturated heterocycles. The smallest absolute Gasteiger partial charge is 0.238 e. The molecule has 122 valence electrons. The molecule has 1 aromatic heterocycles. The van der Waals surface area contributed by atoms with Gasteiger partial charge in [-0.3, -0.25) is 9.36 Å². The number of hydrogen-bond acceptors (Lipinski definition) is 1. The van der Waals surface area contributed by atoms with Crippen molar-refractivity contribution >= 4 is 16.8 Å². The third-order valence-corrected chi connectivity index (χ3v) is 5.31. The van der Waals surface area contributed by atoms with Crippen molar-refractivity contribution in [2.24, 2.45) is 0 Å². The van der Waals surface area contributed by atoms with E-state index in [0.29, 0.717) is 0 Å². The van der Waals surface area contributed by atoms with Crippen LogP contribution >= 0.6 is 0 Å². The summed E-state index contributed by atoms with van der Waals surface area (Å²) in [6.07, 6.45) is 5.34. The van der Waals surface area contributed by atoms with Crippen LogP contribution < -0.4 is 0 Å². The van der Waals surface area contributed by atoms with Gasteiger partial charge < -0.3 is 0 Å². The number of fused-ring (bicyclic) bond motifs is 3. The average molecular weight is 317 g/mol. The Bertz CT molecular complexity index is 876. The molecular weight excluding hydrogens is 294 g/mol. The summed E-state index contributed by atoms with van der Waals surface area (Å²) in [5.41, 5.74) is 4.85. The maximum Gasteiger partial charge on any atom is 0.238 e. The van der Waals surface area contributed by atoms with E-state index >= 15 is 0 Å². The number of nitrogens with zero attached hydrogens (tertiary/aromatic N) is 1. The summed E-state index contributed by atoms with van der Waals surface area (Å²) in [4.78, 5) is 13.5. The van der Waals surface area contributed by atoms with Crippen molar-refractivity contribution in [3.05, 3.63) is 71.4 Å². The quantitative estimate of drug-likeness (QED) is 0.638. The number of aromatic nitrogens is 1. The van der Waals surface area contributed by atoms with Crippen LogP contribution in [-0.4, -0.2) is 10.5 Å². The molecule has 0 radical (unpaired) electrons. The number of aryl methyl sites for hydroxylation is 1. The Morgan fingerprint density at radius 3 is 2.50 bits per heavy atom. The average Bonchev–Trinajstić information content (AvgIpc) is 2.98. The summed E-state index contributed by atoms with van der Waals surface area (Å²) in [6, 6.07) is 18.6. The Morgan fingerprint density at radius 1 is 1.00 bits per heavy atom. The molecule has 0 fully saturated rings. The van der Waals surface area contributed by atoms with Gasteiger partial charge in [0.05, 0.1) is 11.4 Å². The molecule has 0 spiro atoms. The van der Waals surface area contributed by atoms with Crippen LogP contribution in [0, 0.1) is 0 Å². The van der Waals surface area contributed by atoms with Gasteiger partial charge >= 0.3 is 0 Å². The summed E-state index contributed by atoms with van der Waals surface area (Å²) < 4.78 is 2.03. The molecule has 2 nitrogen and oxygen atoms in total. The van der Waals surface area contributed by atoms with Gasteiger partial charge in [0, 0.05) is 11.1 Å². The molecule has 2 heteroatoms. The van der Waals surface area contributed by atoms with E-state index in [0.717, 1.165) is 30.3 Å². The number of carbonyl (C=O) groups excluding carboxylic acids is 1. The Balaban J connectivity index is 1.88. The highest BCUT2D eigenvalue weighted by Gasteiger charge is 2.27. The van der Waals surface area contributed by atoms with E-state index in [-0.39, 0.29) is 11.8 Å². The van der Waals surface area contributed by atoms with Gasteiger partial charge in [0.1, 0.15) is 0 Å². The number of benzene rings is 2. The van der Waals surface area contributed by atoms with Crippen LogP contribution in [0.1, 0.15) is 53.7 Å². The molecule has 4 rings (SSSR count). The number of carbonyl (C=O) groups is 1. The summed E-state index contributed by atoms with van der Waals surface area (Å²) in [7, 11) is 0. The highest BCUT2D eigenvalue weighted by Crippen LogP contribution is 2.34. The van der Waals surface area contributed by atoms with Crippen molar-refractivity contribution < 1.29 is 4.79 Å². The molecular formula is C22H23NO. The van der Waals surface area contributed by atoms with Gasteiger partial charge in [0.2, 0.25) is 5.91 Å². The van der Waals surface area contributed by atoms with Crippen molar-refractivity contribution in [1.82, 2.24) is 4.57 Å². The maximum atomic E-state index is 13.5. The Labute approximate surface area is 143 Å². The van der Waals surface area contributed by atoms with Gasteiger partial charge in [-0.2, -0.15) is 0 Å². The topological polar surface area (TPSA) is 22.0 Å². The fourth-order valence-corrected chi connectivity index (χ4v) is 4.14. The predicted octanol–water partition coefficient (Wildman–Crippen LogP) is 5.35. The minimum atomic E-state index is -0.0759. The van der Waals surface area contributed by atoms with E-state index in [9.17, 15) is 4.79 Å². The summed E-state index contributed by atoms with van der Waals surface area (Å²) >= 11 is 0. The van der Waals surface area contributed by atoms with E-state index in [4.69, 9.17) is 0 Å². The lowest BCUT2D eigenvalue weighted by Gasteiger charge is -2.20. The third-order valence-electron chi connectivity index (χ3n) is 5.31. The lowest BCUT2D eigenvalue weighted by molar-refractivity contribution is 0.0876. The van der Waals surface area contributed by atoms with Gasteiger partial charge in [-0.15, -0.1) is 0 Å². The third kappa shape index (κ3) is 2.37. The van der Waals surface area contributed by atoms with Crippen LogP contribution in [0.4, 0.5) is 0 Å². The molecule has 3 aromatic rings. The predicted molar refractivity (Wildman–Crippen MR) is 98.7 cm³/mol. The number of rotatable bonds is 3. The molecule has 0 bridgehead atoms. The second-order valence-electron chi connectivity index (χ2n) is 6.69. The highest BCUT2D eigenvalue weighted by molar-refractivity contribution is 5.98. The van der Waals surface area contributed by atoms with Crippen molar-refractivity contribution in [3.8, 4) is 0 Å². The van der Waals surface area contributed by atoms with Crippen molar-refractivity contribution in [1.29, 1.82) is 0 Å². The molecule has 2 aromatic carbocycles. The monoisotopic (exact) mass is 317 g/mol. The molecule has 0 amide bonds. The lowest BCUT2D eigenvalue weighted by atomic mass is 9.94. The molecule has 0 aliphatic heterocycles. The van der Waals surface area contributed by atoms with Gasteiger partial charge in [0.25, 0.3) is 0 Å². The normalized spacial score (nSPS) is 15.2. The molecule has 0 saturated carbocycles. The Morgan fingerprint density at radius 2 is 1.71 bits per heavy atom.